The van der Waals surface area contributed by atoms with E-state index >= 15 is 0 Å². The molecule has 3 aromatic rings. The number of amides is 1. The van der Waals surface area contributed by atoms with Gasteiger partial charge in [-0.25, -0.2) is 0 Å². The molecule has 3 aromatic carbocycles. The van der Waals surface area contributed by atoms with E-state index in [2.05, 4.69) is 5.32 Å². The number of fused-ring (bicyclic) bond motifs is 2. The topological polar surface area (TPSA) is 56.8 Å². The molecule has 1 heterocycles. The minimum atomic E-state index is -0.187. The highest BCUT2D eigenvalue weighted by molar-refractivity contribution is 6.01. The SMILES string of the molecule is COc1cc2ccccc2cc1C(=O)NC(C)c1ccc2c(c1)OCO2. The highest BCUT2D eigenvalue weighted by atomic mass is 16.7. The van der Waals surface area contributed by atoms with Gasteiger partial charge in [-0.1, -0.05) is 30.3 Å². The number of benzene rings is 3. The van der Waals surface area contributed by atoms with Crippen molar-refractivity contribution in [3.05, 3.63) is 65.7 Å². The zero-order valence-corrected chi connectivity index (χ0v) is 14.6. The van der Waals surface area contributed by atoms with Gasteiger partial charge in [-0.15, -0.1) is 0 Å². The quantitative estimate of drug-likeness (QED) is 0.771. The Balaban J connectivity index is 1.60. The second-order valence-electron chi connectivity index (χ2n) is 6.21. The van der Waals surface area contributed by atoms with Gasteiger partial charge in [0.25, 0.3) is 5.91 Å². The van der Waals surface area contributed by atoms with Crippen molar-refractivity contribution < 1.29 is 19.0 Å². The van der Waals surface area contributed by atoms with Crippen LogP contribution in [0.4, 0.5) is 0 Å². The summed E-state index contributed by atoms with van der Waals surface area (Å²) in [6, 6.07) is 17.1. The van der Waals surface area contributed by atoms with Gasteiger partial charge in [0, 0.05) is 0 Å². The number of carbonyl (C=O) groups is 1. The number of hydrogen-bond acceptors (Lipinski definition) is 4. The molecule has 1 N–H and O–H groups in total. The molecular formula is C21H19NO4. The van der Waals surface area contributed by atoms with Crippen LogP contribution >= 0.6 is 0 Å². The molecule has 0 saturated heterocycles. The van der Waals surface area contributed by atoms with E-state index in [0.29, 0.717) is 17.1 Å². The van der Waals surface area contributed by atoms with Gasteiger partial charge in [0.15, 0.2) is 11.5 Å². The highest BCUT2D eigenvalue weighted by Crippen LogP contribution is 2.34. The molecule has 0 aromatic heterocycles. The van der Waals surface area contributed by atoms with E-state index < -0.39 is 0 Å². The van der Waals surface area contributed by atoms with Gasteiger partial charge in [-0.2, -0.15) is 0 Å². The molecule has 4 rings (SSSR count). The van der Waals surface area contributed by atoms with Crippen molar-refractivity contribution in [1.29, 1.82) is 0 Å². The lowest BCUT2D eigenvalue weighted by atomic mass is 10.0. The monoisotopic (exact) mass is 349 g/mol. The first kappa shape index (κ1) is 16.3. The van der Waals surface area contributed by atoms with Crippen LogP contribution in [0.15, 0.2) is 54.6 Å². The van der Waals surface area contributed by atoms with Crippen LogP contribution in [0.3, 0.4) is 0 Å². The molecule has 0 spiro atoms. The summed E-state index contributed by atoms with van der Waals surface area (Å²) in [5.74, 6) is 1.80. The van der Waals surface area contributed by atoms with Crippen molar-refractivity contribution in [2.24, 2.45) is 0 Å². The zero-order chi connectivity index (χ0) is 18.1. The van der Waals surface area contributed by atoms with Crippen molar-refractivity contribution in [2.45, 2.75) is 13.0 Å². The van der Waals surface area contributed by atoms with Gasteiger partial charge in [-0.05, 0) is 47.5 Å². The first-order valence-electron chi connectivity index (χ1n) is 8.43. The van der Waals surface area contributed by atoms with E-state index in [1.807, 2.05) is 61.5 Å². The van der Waals surface area contributed by atoms with E-state index in [0.717, 1.165) is 22.1 Å². The summed E-state index contributed by atoms with van der Waals surface area (Å²) < 4.78 is 16.2. The summed E-state index contributed by atoms with van der Waals surface area (Å²) in [5, 5.41) is 5.05. The molecule has 1 amide bonds. The maximum Gasteiger partial charge on any atom is 0.255 e. The molecule has 0 radical (unpaired) electrons. The van der Waals surface area contributed by atoms with Gasteiger partial charge in [0.2, 0.25) is 6.79 Å². The van der Waals surface area contributed by atoms with E-state index in [4.69, 9.17) is 14.2 Å². The molecule has 0 saturated carbocycles. The van der Waals surface area contributed by atoms with Gasteiger partial charge in [0.05, 0.1) is 18.7 Å². The van der Waals surface area contributed by atoms with Crippen molar-refractivity contribution in [2.75, 3.05) is 13.9 Å². The summed E-state index contributed by atoms with van der Waals surface area (Å²) >= 11 is 0. The smallest absolute Gasteiger partial charge is 0.255 e. The molecule has 0 fully saturated rings. The molecule has 1 atom stereocenters. The van der Waals surface area contributed by atoms with Crippen LogP contribution in [0.1, 0.15) is 28.9 Å². The molecule has 1 aliphatic rings. The number of nitrogens with one attached hydrogen (secondary N) is 1. The Kier molecular flexibility index (Phi) is 4.13. The number of ether oxygens (including phenoxy) is 3. The average Bonchev–Trinajstić information content (AvgIpc) is 3.14. The molecule has 132 valence electrons. The van der Waals surface area contributed by atoms with Crippen LogP contribution in [0.25, 0.3) is 10.8 Å². The Hall–Kier alpha value is -3.21. The summed E-state index contributed by atoms with van der Waals surface area (Å²) in [6.07, 6.45) is 0. The third-order valence-corrected chi connectivity index (χ3v) is 4.56. The van der Waals surface area contributed by atoms with Crippen molar-refractivity contribution in [1.82, 2.24) is 5.32 Å². The molecule has 1 unspecified atom stereocenters. The van der Waals surface area contributed by atoms with E-state index in [-0.39, 0.29) is 18.7 Å². The second-order valence-corrected chi connectivity index (χ2v) is 6.21. The van der Waals surface area contributed by atoms with E-state index in [1.54, 1.807) is 7.11 Å². The largest absolute Gasteiger partial charge is 0.496 e. The predicted molar refractivity (Wildman–Crippen MR) is 98.9 cm³/mol. The molecule has 5 nitrogen and oxygen atoms in total. The molecule has 0 bridgehead atoms. The molecule has 0 aliphatic carbocycles. The second kappa shape index (κ2) is 6.59. The Morgan fingerprint density at radius 1 is 1.04 bits per heavy atom. The fraction of sp³-hybridized carbons (Fsp3) is 0.190. The van der Waals surface area contributed by atoms with Crippen LogP contribution in [0.5, 0.6) is 17.2 Å². The third-order valence-electron chi connectivity index (χ3n) is 4.56. The van der Waals surface area contributed by atoms with Crippen LogP contribution in [0.2, 0.25) is 0 Å². The Labute approximate surface area is 151 Å². The highest BCUT2D eigenvalue weighted by Gasteiger charge is 2.19. The van der Waals surface area contributed by atoms with Gasteiger partial charge < -0.3 is 19.5 Å². The van der Waals surface area contributed by atoms with E-state index in [9.17, 15) is 4.79 Å². The molecule has 1 aliphatic heterocycles. The minimum Gasteiger partial charge on any atom is -0.496 e. The lowest BCUT2D eigenvalue weighted by molar-refractivity contribution is 0.0937. The first-order chi connectivity index (χ1) is 12.7. The fourth-order valence-electron chi connectivity index (χ4n) is 3.11. The summed E-state index contributed by atoms with van der Waals surface area (Å²) in [5.41, 5.74) is 1.46. The number of carbonyl (C=O) groups excluding carboxylic acids is 1. The maximum atomic E-state index is 12.8. The summed E-state index contributed by atoms with van der Waals surface area (Å²) in [4.78, 5) is 12.8. The Morgan fingerprint density at radius 3 is 2.54 bits per heavy atom. The number of hydrogen-bond donors (Lipinski definition) is 1. The lowest BCUT2D eigenvalue weighted by Crippen LogP contribution is -2.27. The Bertz CT molecular complexity index is 983. The average molecular weight is 349 g/mol. The van der Waals surface area contributed by atoms with Crippen LogP contribution in [-0.2, 0) is 0 Å². The zero-order valence-electron chi connectivity index (χ0n) is 14.6. The Morgan fingerprint density at radius 2 is 1.77 bits per heavy atom. The molecule has 5 heteroatoms. The van der Waals surface area contributed by atoms with Crippen LogP contribution in [0, 0.1) is 0 Å². The van der Waals surface area contributed by atoms with Crippen molar-refractivity contribution in [3.63, 3.8) is 0 Å². The van der Waals surface area contributed by atoms with Gasteiger partial charge >= 0.3 is 0 Å². The number of methoxy groups -OCH3 is 1. The van der Waals surface area contributed by atoms with Gasteiger partial charge in [0.1, 0.15) is 5.75 Å². The third kappa shape index (κ3) is 2.92. The predicted octanol–water partition coefficient (Wildman–Crippen LogP) is 4.07. The maximum absolute atomic E-state index is 12.8. The standard InChI is InChI=1S/C21H19NO4/c1-13(14-7-8-18-20(10-14)26-12-25-18)22-21(23)17-9-15-5-3-4-6-16(15)11-19(17)24-2/h3-11,13H,12H2,1-2H3,(H,22,23). The van der Waals surface area contributed by atoms with Crippen LogP contribution < -0.4 is 19.5 Å². The minimum absolute atomic E-state index is 0.183. The number of rotatable bonds is 4. The summed E-state index contributed by atoms with van der Waals surface area (Å²) in [6.45, 7) is 2.16. The molecule has 26 heavy (non-hydrogen) atoms. The lowest BCUT2D eigenvalue weighted by Gasteiger charge is -2.16. The van der Waals surface area contributed by atoms with Crippen molar-refractivity contribution in [3.8, 4) is 17.2 Å². The summed E-state index contributed by atoms with van der Waals surface area (Å²) in [7, 11) is 1.57. The van der Waals surface area contributed by atoms with E-state index in [1.165, 1.54) is 0 Å². The molecular weight excluding hydrogens is 330 g/mol. The normalized spacial score (nSPS) is 13.5. The first-order valence-corrected chi connectivity index (χ1v) is 8.43. The van der Waals surface area contributed by atoms with Crippen LogP contribution in [-0.4, -0.2) is 19.8 Å². The van der Waals surface area contributed by atoms with Gasteiger partial charge in [-0.3, -0.25) is 4.79 Å². The van der Waals surface area contributed by atoms with Crippen molar-refractivity contribution >= 4 is 16.7 Å². The fourth-order valence-corrected chi connectivity index (χ4v) is 3.11.